The van der Waals surface area contributed by atoms with Gasteiger partial charge in [0.05, 0.1) is 11.1 Å². The molecule has 4 heteroatoms. The van der Waals surface area contributed by atoms with E-state index in [9.17, 15) is 5.26 Å². The number of hydrogen-bond donors (Lipinski definition) is 1. The quantitative estimate of drug-likeness (QED) is 0.920. The van der Waals surface area contributed by atoms with Crippen molar-refractivity contribution in [1.82, 2.24) is 10.3 Å². The predicted molar refractivity (Wildman–Crippen MR) is 86.3 cm³/mol. The van der Waals surface area contributed by atoms with E-state index < -0.39 is 0 Å². The zero-order chi connectivity index (χ0) is 14.9. The summed E-state index contributed by atoms with van der Waals surface area (Å²) in [5.41, 5.74) is 2.05. The van der Waals surface area contributed by atoms with Crippen LogP contribution in [0.1, 0.15) is 49.8 Å². The molecule has 2 atom stereocenters. The molecule has 0 aromatic carbocycles. The second kappa shape index (κ2) is 5.98. The molecule has 1 N–H and O–H groups in total. The molecule has 0 saturated heterocycles. The summed E-state index contributed by atoms with van der Waals surface area (Å²) in [5, 5.41) is 14.9. The van der Waals surface area contributed by atoms with E-state index in [1.807, 2.05) is 18.7 Å². The van der Waals surface area contributed by atoms with Crippen molar-refractivity contribution in [2.45, 2.75) is 74.2 Å². The summed E-state index contributed by atoms with van der Waals surface area (Å²) < 4.78 is 0. The molecule has 3 rings (SSSR count). The molecule has 2 aliphatic carbocycles. The van der Waals surface area contributed by atoms with Crippen LogP contribution in [0.4, 0.5) is 0 Å². The van der Waals surface area contributed by atoms with Crippen LogP contribution in [0.2, 0.25) is 0 Å². The van der Waals surface area contributed by atoms with Crippen LogP contribution in [0.3, 0.4) is 0 Å². The van der Waals surface area contributed by atoms with E-state index in [4.69, 9.17) is 0 Å². The number of thioether (sulfide) groups is 1. The minimum Gasteiger partial charge on any atom is -0.297 e. The third kappa shape index (κ3) is 3.78. The van der Waals surface area contributed by atoms with E-state index >= 15 is 0 Å². The van der Waals surface area contributed by atoms with Crippen LogP contribution in [-0.4, -0.2) is 21.8 Å². The van der Waals surface area contributed by atoms with Crippen LogP contribution in [0.25, 0.3) is 0 Å². The lowest BCUT2D eigenvalue weighted by atomic mass is 9.82. The highest BCUT2D eigenvalue weighted by molar-refractivity contribution is 7.99. The van der Waals surface area contributed by atoms with E-state index in [2.05, 4.69) is 35.4 Å². The highest BCUT2D eigenvalue weighted by Gasteiger charge is 2.40. The zero-order valence-corrected chi connectivity index (χ0v) is 13.7. The molecular weight excluding hydrogens is 278 g/mol. The third-order valence-electron chi connectivity index (χ3n) is 4.34. The second-order valence-electron chi connectivity index (χ2n) is 6.57. The molecule has 0 amide bonds. The Morgan fingerprint density at radius 3 is 2.81 bits per heavy atom. The number of nitrogens with zero attached hydrogens (tertiary/aromatic N) is 2. The summed E-state index contributed by atoms with van der Waals surface area (Å²) in [5.74, 6) is 0. The van der Waals surface area contributed by atoms with Crippen LogP contribution in [0.15, 0.2) is 17.2 Å². The second-order valence-corrected chi connectivity index (χ2v) is 7.89. The van der Waals surface area contributed by atoms with Gasteiger partial charge in [0.25, 0.3) is 0 Å². The van der Waals surface area contributed by atoms with Crippen molar-refractivity contribution < 1.29 is 0 Å². The van der Waals surface area contributed by atoms with Crippen LogP contribution in [0.5, 0.6) is 0 Å². The Morgan fingerprint density at radius 2 is 2.14 bits per heavy atom. The molecule has 0 aliphatic heterocycles. The molecule has 1 aromatic rings. The smallest absolute Gasteiger partial charge is 0.108 e. The first-order valence-electron chi connectivity index (χ1n) is 7.89. The van der Waals surface area contributed by atoms with Gasteiger partial charge >= 0.3 is 0 Å². The summed E-state index contributed by atoms with van der Waals surface area (Å²) >= 11 is 1.86. The molecule has 3 nitrogen and oxygen atoms in total. The van der Waals surface area contributed by atoms with Gasteiger partial charge in [0.2, 0.25) is 0 Å². The Labute approximate surface area is 131 Å². The van der Waals surface area contributed by atoms with Crippen LogP contribution in [-0.2, 0) is 0 Å². The zero-order valence-electron chi connectivity index (χ0n) is 12.9. The van der Waals surface area contributed by atoms with E-state index in [-0.39, 0.29) is 5.54 Å². The number of nitriles is 1. The number of hydrogen-bond acceptors (Lipinski definition) is 4. The first kappa shape index (κ1) is 14.9. The minimum atomic E-state index is -0.296. The Bertz CT molecular complexity index is 541. The van der Waals surface area contributed by atoms with Crippen molar-refractivity contribution in [3.05, 3.63) is 23.4 Å². The summed E-state index contributed by atoms with van der Waals surface area (Å²) in [7, 11) is 0. The molecule has 2 aliphatic rings. The molecule has 21 heavy (non-hydrogen) atoms. The van der Waals surface area contributed by atoms with Gasteiger partial charge in [-0.15, -0.1) is 11.8 Å². The van der Waals surface area contributed by atoms with Crippen molar-refractivity contribution in [1.29, 1.82) is 5.26 Å². The molecule has 0 bridgehead atoms. The maximum absolute atomic E-state index is 9.65. The Balaban J connectivity index is 1.69. The predicted octanol–water partition coefficient (Wildman–Crippen LogP) is 3.75. The SMILES string of the molecule is Cc1cc(C)nc(SC2CCCC(C#N)(NC3CC3)C2)c1. The maximum atomic E-state index is 9.65. The molecule has 1 aromatic heterocycles. The fourth-order valence-electron chi connectivity index (χ4n) is 3.24. The molecule has 2 saturated carbocycles. The topological polar surface area (TPSA) is 48.7 Å². The number of aromatic nitrogens is 1. The van der Waals surface area contributed by atoms with Gasteiger partial charge in [-0.2, -0.15) is 5.26 Å². The molecule has 2 unspecified atom stereocenters. The van der Waals surface area contributed by atoms with E-state index in [0.717, 1.165) is 30.0 Å². The average Bonchev–Trinajstić information content (AvgIpc) is 3.21. The van der Waals surface area contributed by atoms with E-state index in [1.54, 1.807) is 0 Å². The highest BCUT2D eigenvalue weighted by Crippen LogP contribution is 2.39. The molecular formula is C17H23N3S. The lowest BCUT2D eigenvalue weighted by Gasteiger charge is -2.36. The van der Waals surface area contributed by atoms with Gasteiger partial charge in [-0.3, -0.25) is 5.32 Å². The van der Waals surface area contributed by atoms with Crippen LogP contribution < -0.4 is 5.32 Å². The van der Waals surface area contributed by atoms with Crippen LogP contribution >= 0.6 is 11.8 Å². The van der Waals surface area contributed by atoms with Crippen LogP contribution in [0, 0.1) is 25.2 Å². The van der Waals surface area contributed by atoms with Crippen molar-refractivity contribution in [2.75, 3.05) is 0 Å². The summed E-state index contributed by atoms with van der Waals surface area (Å²) in [6.07, 6.45) is 6.74. The Hall–Kier alpha value is -1.05. The number of rotatable bonds is 4. The van der Waals surface area contributed by atoms with Crippen molar-refractivity contribution >= 4 is 11.8 Å². The largest absolute Gasteiger partial charge is 0.297 e. The first-order chi connectivity index (χ1) is 10.1. The van der Waals surface area contributed by atoms with Gasteiger partial charge in [-0.1, -0.05) is 0 Å². The van der Waals surface area contributed by atoms with Gasteiger partial charge in [0.1, 0.15) is 5.54 Å². The molecule has 112 valence electrons. The monoisotopic (exact) mass is 301 g/mol. The lowest BCUT2D eigenvalue weighted by Crippen LogP contribution is -2.49. The summed E-state index contributed by atoms with van der Waals surface area (Å²) in [4.78, 5) is 4.63. The van der Waals surface area contributed by atoms with E-state index in [1.165, 1.54) is 24.8 Å². The summed E-state index contributed by atoms with van der Waals surface area (Å²) in [6, 6.07) is 7.44. The first-order valence-corrected chi connectivity index (χ1v) is 8.77. The van der Waals surface area contributed by atoms with Gasteiger partial charge < -0.3 is 0 Å². The lowest BCUT2D eigenvalue weighted by molar-refractivity contribution is 0.301. The third-order valence-corrected chi connectivity index (χ3v) is 5.53. The molecule has 1 heterocycles. The Kier molecular flexibility index (Phi) is 4.24. The molecule has 2 fully saturated rings. The molecule has 0 radical (unpaired) electrons. The Morgan fingerprint density at radius 1 is 1.33 bits per heavy atom. The van der Waals surface area contributed by atoms with Gasteiger partial charge in [-0.25, -0.2) is 4.98 Å². The normalized spacial score (nSPS) is 29.1. The van der Waals surface area contributed by atoms with Gasteiger partial charge in [-0.05, 0) is 70.1 Å². The minimum absolute atomic E-state index is 0.296. The maximum Gasteiger partial charge on any atom is 0.108 e. The summed E-state index contributed by atoms with van der Waals surface area (Å²) in [6.45, 7) is 4.17. The fraction of sp³-hybridized carbons (Fsp3) is 0.647. The fourth-order valence-corrected chi connectivity index (χ4v) is 4.69. The van der Waals surface area contributed by atoms with E-state index in [0.29, 0.717) is 11.3 Å². The molecule has 0 spiro atoms. The highest BCUT2D eigenvalue weighted by atomic mass is 32.2. The number of nitrogens with one attached hydrogen (secondary N) is 1. The number of aryl methyl sites for hydroxylation is 2. The van der Waals surface area contributed by atoms with Crippen molar-refractivity contribution in [3.63, 3.8) is 0 Å². The van der Waals surface area contributed by atoms with Gasteiger partial charge in [0.15, 0.2) is 0 Å². The van der Waals surface area contributed by atoms with Crippen molar-refractivity contribution in [2.24, 2.45) is 0 Å². The average molecular weight is 301 g/mol. The van der Waals surface area contributed by atoms with Crippen molar-refractivity contribution in [3.8, 4) is 6.07 Å². The number of pyridine rings is 1. The van der Waals surface area contributed by atoms with Gasteiger partial charge in [0, 0.05) is 17.0 Å². The standard InChI is InChI=1S/C17H23N3S/c1-12-8-13(2)19-16(9-12)21-15-4-3-7-17(10-15,11-18)20-14-5-6-14/h8-9,14-15,20H,3-7,10H2,1-2H3.